The second kappa shape index (κ2) is 5.64. The van der Waals surface area contributed by atoms with E-state index in [0.717, 1.165) is 5.56 Å². The topological polar surface area (TPSA) is 81.2 Å². The molecule has 0 atom stereocenters. The van der Waals surface area contributed by atoms with Crippen LogP contribution in [0.4, 0.5) is 5.95 Å². The van der Waals surface area contributed by atoms with Crippen molar-refractivity contribution >= 4 is 27.6 Å². The number of rotatable bonds is 4. The van der Waals surface area contributed by atoms with Crippen LogP contribution in [0.1, 0.15) is 5.56 Å². The Balaban J connectivity index is 2.43. The minimum atomic E-state index is -3.85. The summed E-state index contributed by atoms with van der Waals surface area (Å²) in [5, 5.41) is 0.147. The lowest BCUT2D eigenvalue weighted by Crippen LogP contribution is -2.16. The third kappa shape index (κ3) is 3.17. The zero-order valence-corrected chi connectivity index (χ0v) is 12.4. The van der Waals surface area contributed by atoms with Crippen molar-refractivity contribution in [2.24, 2.45) is 0 Å². The van der Waals surface area contributed by atoms with Gasteiger partial charge < -0.3 is 4.74 Å². The molecule has 0 saturated heterocycles. The zero-order valence-electron chi connectivity index (χ0n) is 10.8. The maximum Gasteiger partial charge on any atom is 0.267 e. The standard InChI is InChI=1S/C12H12ClN3O3S/c1-8-3-4-9(19-2)10(7-8)20(17,18)16-12-14-6-5-11(13)15-12/h3-7H,1-2H3,(H,14,15,16). The van der Waals surface area contributed by atoms with Crippen molar-refractivity contribution in [2.45, 2.75) is 11.8 Å². The van der Waals surface area contributed by atoms with Crippen molar-refractivity contribution in [2.75, 3.05) is 11.8 Å². The number of anilines is 1. The average molecular weight is 314 g/mol. The molecule has 106 valence electrons. The summed E-state index contributed by atoms with van der Waals surface area (Å²) < 4.78 is 32.0. The van der Waals surface area contributed by atoms with E-state index >= 15 is 0 Å². The van der Waals surface area contributed by atoms with Gasteiger partial charge in [0, 0.05) is 6.20 Å². The first-order chi connectivity index (χ1) is 9.42. The fourth-order valence-corrected chi connectivity index (χ4v) is 2.90. The highest BCUT2D eigenvalue weighted by atomic mass is 35.5. The van der Waals surface area contributed by atoms with E-state index in [9.17, 15) is 8.42 Å². The Labute approximate surface area is 121 Å². The molecular weight excluding hydrogens is 302 g/mol. The number of nitrogens with zero attached hydrogens (tertiary/aromatic N) is 2. The predicted molar refractivity (Wildman–Crippen MR) is 75.6 cm³/mol. The molecule has 0 radical (unpaired) electrons. The zero-order chi connectivity index (χ0) is 14.8. The minimum absolute atomic E-state index is 0.0172. The fraction of sp³-hybridized carbons (Fsp3) is 0.167. The Morgan fingerprint density at radius 2 is 2.05 bits per heavy atom. The van der Waals surface area contributed by atoms with Gasteiger partial charge in [-0.05, 0) is 30.7 Å². The number of sulfonamides is 1. The van der Waals surface area contributed by atoms with Crippen molar-refractivity contribution in [3.63, 3.8) is 0 Å². The second-order valence-corrected chi connectivity index (χ2v) is 6.00. The molecule has 1 heterocycles. The Bertz CT molecular complexity index is 734. The summed E-state index contributed by atoms with van der Waals surface area (Å²) in [6.07, 6.45) is 1.36. The summed E-state index contributed by atoms with van der Waals surface area (Å²) in [7, 11) is -2.45. The molecule has 0 aliphatic heterocycles. The molecule has 1 aromatic carbocycles. The van der Waals surface area contributed by atoms with Crippen LogP contribution in [0.3, 0.4) is 0 Å². The molecular formula is C12H12ClN3O3S. The first kappa shape index (κ1) is 14.5. The Morgan fingerprint density at radius 1 is 1.30 bits per heavy atom. The number of halogens is 1. The molecule has 20 heavy (non-hydrogen) atoms. The Kier molecular flexibility index (Phi) is 4.10. The smallest absolute Gasteiger partial charge is 0.267 e. The van der Waals surface area contributed by atoms with Gasteiger partial charge in [-0.25, -0.2) is 23.1 Å². The molecule has 6 nitrogen and oxygen atoms in total. The third-order valence-corrected chi connectivity index (χ3v) is 4.02. The molecule has 8 heteroatoms. The van der Waals surface area contributed by atoms with Crippen LogP contribution in [0.5, 0.6) is 5.75 Å². The molecule has 0 spiro atoms. The van der Waals surface area contributed by atoms with E-state index in [0.29, 0.717) is 0 Å². The highest BCUT2D eigenvalue weighted by Crippen LogP contribution is 2.26. The van der Waals surface area contributed by atoms with Crippen LogP contribution < -0.4 is 9.46 Å². The summed E-state index contributed by atoms with van der Waals surface area (Å²) in [4.78, 5) is 7.60. The molecule has 1 aromatic heterocycles. The van der Waals surface area contributed by atoms with Crippen LogP contribution in [0, 0.1) is 6.92 Å². The monoisotopic (exact) mass is 313 g/mol. The van der Waals surface area contributed by atoms with Gasteiger partial charge in [0.05, 0.1) is 7.11 Å². The van der Waals surface area contributed by atoms with Crippen LogP contribution in [0.15, 0.2) is 35.4 Å². The summed E-state index contributed by atoms with van der Waals surface area (Å²) in [6, 6.07) is 6.30. The van der Waals surface area contributed by atoms with E-state index in [4.69, 9.17) is 16.3 Å². The maximum absolute atomic E-state index is 12.3. The molecule has 0 aliphatic carbocycles. The molecule has 0 amide bonds. The van der Waals surface area contributed by atoms with Gasteiger partial charge in [-0.2, -0.15) is 0 Å². The lowest BCUT2D eigenvalue weighted by Gasteiger charge is -2.11. The number of hydrogen-bond donors (Lipinski definition) is 1. The molecule has 1 N–H and O–H groups in total. The van der Waals surface area contributed by atoms with Gasteiger partial charge in [-0.1, -0.05) is 17.7 Å². The first-order valence-corrected chi connectivity index (χ1v) is 7.44. The normalized spacial score (nSPS) is 11.2. The van der Waals surface area contributed by atoms with E-state index in [2.05, 4.69) is 14.7 Å². The molecule has 0 bridgehead atoms. The van der Waals surface area contributed by atoms with E-state index in [1.807, 2.05) is 0 Å². The number of methoxy groups -OCH3 is 1. The number of ether oxygens (including phenoxy) is 1. The van der Waals surface area contributed by atoms with Crippen LogP contribution in [0.25, 0.3) is 0 Å². The molecule has 0 saturated carbocycles. The van der Waals surface area contributed by atoms with E-state index in [-0.39, 0.29) is 21.7 Å². The number of aryl methyl sites for hydroxylation is 1. The predicted octanol–water partition coefficient (Wildman–Crippen LogP) is 2.25. The molecule has 0 fully saturated rings. The summed E-state index contributed by atoms with van der Waals surface area (Å²) in [5.41, 5.74) is 0.790. The number of benzene rings is 1. The highest BCUT2D eigenvalue weighted by molar-refractivity contribution is 7.92. The molecule has 0 aliphatic rings. The maximum atomic E-state index is 12.3. The fourth-order valence-electron chi connectivity index (χ4n) is 1.55. The van der Waals surface area contributed by atoms with Gasteiger partial charge in [0.25, 0.3) is 10.0 Å². The van der Waals surface area contributed by atoms with Crippen LogP contribution >= 0.6 is 11.6 Å². The van der Waals surface area contributed by atoms with Crippen molar-refractivity contribution in [1.29, 1.82) is 0 Å². The molecule has 2 rings (SSSR count). The van der Waals surface area contributed by atoms with Crippen molar-refractivity contribution in [3.8, 4) is 5.75 Å². The van der Waals surface area contributed by atoms with E-state index in [1.54, 1.807) is 19.1 Å². The SMILES string of the molecule is COc1ccc(C)cc1S(=O)(=O)Nc1nccc(Cl)n1. The molecule has 0 unspecified atom stereocenters. The van der Waals surface area contributed by atoms with Gasteiger partial charge in [-0.15, -0.1) is 0 Å². The third-order valence-electron chi connectivity index (χ3n) is 2.46. The van der Waals surface area contributed by atoms with Gasteiger partial charge >= 0.3 is 0 Å². The van der Waals surface area contributed by atoms with Crippen LogP contribution in [-0.4, -0.2) is 25.5 Å². The largest absolute Gasteiger partial charge is 0.495 e. The lowest BCUT2D eigenvalue weighted by molar-refractivity contribution is 0.402. The number of hydrogen-bond acceptors (Lipinski definition) is 5. The first-order valence-electron chi connectivity index (χ1n) is 5.58. The van der Waals surface area contributed by atoms with Crippen molar-refractivity contribution < 1.29 is 13.2 Å². The van der Waals surface area contributed by atoms with Crippen LogP contribution in [0.2, 0.25) is 5.15 Å². The lowest BCUT2D eigenvalue weighted by atomic mass is 10.2. The van der Waals surface area contributed by atoms with E-state index < -0.39 is 10.0 Å². The summed E-state index contributed by atoms with van der Waals surface area (Å²) in [6.45, 7) is 1.79. The average Bonchev–Trinajstić information content (AvgIpc) is 2.38. The highest BCUT2D eigenvalue weighted by Gasteiger charge is 2.21. The van der Waals surface area contributed by atoms with Gasteiger partial charge in [0.2, 0.25) is 5.95 Å². The second-order valence-electron chi connectivity index (χ2n) is 3.96. The Morgan fingerprint density at radius 3 is 2.70 bits per heavy atom. The van der Waals surface area contributed by atoms with Crippen molar-refractivity contribution in [1.82, 2.24) is 9.97 Å². The van der Waals surface area contributed by atoms with Gasteiger partial charge in [0.15, 0.2) is 0 Å². The summed E-state index contributed by atoms with van der Waals surface area (Å²) >= 11 is 5.69. The number of nitrogens with one attached hydrogen (secondary N) is 1. The van der Waals surface area contributed by atoms with Crippen molar-refractivity contribution in [3.05, 3.63) is 41.2 Å². The van der Waals surface area contributed by atoms with E-state index in [1.165, 1.54) is 25.4 Å². The van der Waals surface area contributed by atoms with Gasteiger partial charge in [0.1, 0.15) is 15.8 Å². The van der Waals surface area contributed by atoms with Crippen LogP contribution in [-0.2, 0) is 10.0 Å². The number of aromatic nitrogens is 2. The quantitative estimate of drug-likeness (QED) is 0.876. The molecule has 2 aromatic rings. The summed E-state index contributed by atoms with van der Waals surface area (Å²) in [5.74, 6) is 0.145. The Hall–Kier alpha value is -1.86. The van der Waals surface area contributed by atoms with Gasteiger partial charge in [-0.3, -0.25) is 0 Å². The minimum Gasteiger partial charge on any atom is -0.495 e.